The topological polar surface area (TPSA) is 34.1 Å². The third-order valence-electron chi connectivity index (χ3n) is 2.80. The summed E-state index contributed by atoms with van der Waals surface area (Å²) in [5.41, 5.74) is 1.81. The van der Waals surface area contributed by atoms with Crippen LogP contribution >= 0.6 is 11.6 Å². The van der Waals surface area contributed by atoms with E-state index >= 15 is 0 Å². The van der Waals surface area contributed by atoms with Gasteiger partial charge in [-0.1, -0.05) is 29.8 Å². The fourth-order valence-corrected chi connectivity index (χ4v) is 2.19. The summed E-state index contributed by atoms with van der Waals surface area (Å²) in [5, 5.41) is 3.86. The average molecular weight is 263 g/mol. The molecule has 3 nitrogen and oxygen atoms in total. The fourth-order valence-electron chi connectivity index (χ4n) is 1.95. The van der Waals surface area contributed by atoms with Gasteiger partial charge >= 0.3 is 0 Å². The van der Waals surface area contributed by atoms with E-state index in [1.807, 2.05) is 43.4 Å². The van der Waals surface area contributed by atoms with Crippen LogP contribution in [-0.4, -0.2) is 19.1 Å². The molecule has 2 aromatic rings. The first-order chi connectivity index (χ1) is 8.77. The summed E-state index contributed by atoms with van der Waals surface area (Å²) >= 11 is 6.20. The highest BCUT2D eigenvalue weighted by atomic mass is 35.5. The first-order valence-electron chi connectivity index (χ1n) is 5.68. The van der Waals surface area contributed by atoms with Gasteiger partial charge in [0.25, 0.3) is 0 Å². The van der Waals surface area contributed by atoms with Gasteiger partial charge in [-0.05, 0) is 25.2 Å². The maximum absolute atomic E-state index is 6.20. The number of methoxy groups -OCH3 is 1. The Bertz CT molecular complexity index is 531. The summed E-state index contributed by atoms with van der Waals surface area (Å²) in [5.74, 6) is 0.818. The zero-order valence-corrected chi connectivity index (χ0v) is 11.1. The lowest BCUT2D eigenvalue weighted by Crippen LogP contribution is -2.20. The highest BCUT2D eigenvalue weighted by molar-refractivity contribution is 6.31. The number of nitrogens with zero attached hydrogens (tertiary/aromatic N) is 1. The van der Waals surface area contributed by atoms with E-state index in [1.54, 1.807) is 13.3 Å². The maximum Gasteiger partial charge on any atom is 0.124 e. The molecule has 1 aromatic carbocycles. The molecular formula is C14H15ClN2O. The Hall–Kier alpha value is -1.58. The first-order valence-corrected chi connectivity index (χ1v) is 6.06. The molecule has 0 saturated carbocycles. The van der Waals surface area contributed by atoms with Crippen LogP contribution in [0.2, 0.25) is 5.02 Å². The number of hydrogen-bond donors (Lipinski definition) is 1. The van der Waals surface area contributed by atoms with Crippen molar-refractivity contribution >= 4 is 11.6 Å². The molecule has 0 aliphatic heterocycles. The second-order valence-corrected chi connectivity index (χ2v) is 4.24. The van der Waals surface area contributed by atoms with Crippen LogP contribution in [-0.2, 0) is 0 Å². The summed E-state index contributed by atoms with van der Waals surface area (Å²) in [7, 11) is 3.54. The van der Waals surface area contributed by atoms with E-state index in [2.05, 4.69) is 10.3 Å². The molecule has 0 fully saturated rings. The van der Waals surface area contributed by atoms with Gasteiger partial charge in [-0.15, -0.1) is 0 Å². The van der Waals surface area contributed by atoms with Crippen LogP contribution in [0, 0.1) is 0 Å². The molecule has 2 rings (SSSR count). The third kappa shape index (κ3) is 2.47. The molecule has 1 aromatic heterocycles. The van der Waals surface area contributed by atoms with Gasteiger partial charge in [0.1, 0.15) is 5.75 Å². The zero-order chi connectivity index (χ0) is 13.0. The lowest BCUT2D eigenvalue weighted by Gasteiger charge is -2.19. The van der Waals surface area contributed by atoms with Gasteiger partial charge in [0.05, 0.1) is 23.9 Å². The summed E-state index contributed by atoms with van der Waals surface area (Å²) in [4.78, 5) is 4.35. The Morgan fingerprint density at radius 1 is 1.22 bits per heavy atom. The Balaban J connectivity index is 2.49. The number of ether oxygens (including phenoxy) is 1. The van der Waals surface area contributed by atoms with Gasteiger partial charge in [0.2, 0.25) is 0 Å². The molecule has 0 aliphatic carbocycles. The van der Waals surface area contributed by atoms with E-state index in [4.69, 9.17) is 16.3 Å². The van der Waals surface area contributed by atoms with E-state index < -0.39 is 0 Å². The first kappa shape index (κ1) is 12.9. The number of aromatic nitrogens is 1. The predicted molar refractivity (Wildman–Crippen MR) is 73.1 cm³/mol. The number of pyridine rings is 1. The van der Waals surface area contributed by atoms with Crippen LogP contribution in [0.4, 0.5) is 0 Å². The largest absolute Gasteiger partial charge is 0.496 e. The SMILES string of the molecule is CNC(c1ccccc1OC)c1ncccc1Cl. The van der Waals surface area contributed by atoms with Gasteiger partial charge in [-0.25, -0.2) is 0 Å². The minimum absolute atomic E-state index is 0.0881. The van der Waals surface area contributed by atoms with Crippen molar-refractivity contribution in [3.63, 3.8) is 0 Å². The van der Waals surface area contributed by atoms with Gasteiger partial charge in [0.15, 0.2) is 0 Å². The Morgan fingerprint density at radius 3 is 2.67 bits per heavy atom. The number of nitrogens with one attached hydrogen (secondary N) is 1. The van der Waals surface area contributed by atoms with Gasteiger partial charge in [-0.3, -0.25) is 4.98 Å². The van der Waals surface area contributed by atoms with Crippen LogP contribution in [0.25, 0.3) is 0 Å². The molecule has 0 radical (unpaired) electrons. The molecule has 18 heavy (non-hydrogen) atoms. The van der Waals surface area contributed by atoms with Crippen LogP contribution in [0.15, 0.2) is 42.6 Å². The normalized spacial score (nSPS) is 12.2. The van der Waals surface area contributed by atoms with Gasteiger partial charge in [-0.2, -0.15) is 0 Å². The van der Waals surface area contributed by atoms with Crippen molar-refractivity contribution < 1.29 is 4.74 Å². The molecule has 4 heteroatoms. The number of rotatable bonds is 4. The second-order valence-electron chi connectivity index (χ2n) is 3.83. The van der Waals surface area contributed by atoms with E-state index in [9.17, 15) is 0 Å². The molecule has 1 N–H and O–H groups in total. The average Bonchev–Trinajstić information content (AvgIpc) is 2.42. The Morgan fingerprint density at radius 2 is 2.00 bits per heavy atom. The third-order valence-corrected chi connectivity index (χ3v) is 3.12. The van der Waals surface area contributed by atoms with Crippen molar-refractivity contribution in [3.05, 3.63) is 58.9 Å². The molecule has 94 valence electrons. The van der Waals surface area contributed by atoms with E-state index in [0.717, 1.165) is 17.0 Å². The van der Waals surface area contributed by atoms with E-state index in [1.165, 1.54) is 0 Å². The lowest BCUT2D eigenvalue weighted by atomic mass is 10.0. The van der Waals surface area contributed by atoms with Crippen LogP contribution in [0.3, 0.4) is 0 Å². The number of benzene rings is 1. The number of para-hydroxylation sites is 1. The van der Waals surface area contributed by atoms with Gasteiger partial charge < -0.3 is 10.1 Å². The number of halogens is 1. The van der Waals surface area contributed by atoms with Crippen molar-refractivity contribution in [3.8, 4) is 5.75 Å². The summed E-state index contributed by atoms with van der Waals surface area (Å²) in [6, 6.07) is 11.4. The van der Waals surface area contributed by atoms with Crippen LogP contribution in [0.1, 0.15) is 17.3 Å². The molecule has 0 aliphatic rings. The minimum Gasteiger partial charge on any atom is -0.496 e. The standard InChI is InChI=1S/C14H15ClN2O/c1-16-13(14-11(15)7-5-9-17-14)10-6-3-4-8-12(10)18-2/h3-9,13,16H,1-2H3. The molecular weight excluding hydrogens is 248 g/mol. The fraction of sp³-hybridized carbons (Fsp3) is 0.214. The Labute approximate surface area is 112 Å². The van der Waals surface area contributed by atoms with Crippen molar-refractivity contribution in [2.45, 2.75) is 6.04 Å². The van der Waals surface area contributed by atoms with Crippen LogP contribution in [0.5, 0.6) is 5.75 Å². The minimum atomic E-state index is -0.0881. The van der Waals surface area contributed by atoms with Crippen LogP contribution < -0.4 is 10.1 Å². The molecule has 1 unspecified atom stereocenters. The van der Waals surface area contributed by atoms with Gasteiger partial charge in [0, 0.05) is 11.8 Å². The zero-order valence-electron chi connectivity index (χ0n) is 10.4. The molecule has 0 amide bonds. The quantitative estimate of drug-likeness (QED) is 0.920. The van der Waals surface area contributed by atoms with E-state index in [-0.39, 0.29) is 6.04 Å². The molecule has 0 bridgehead atoms. The van der Waals surface area contributed by atoms with E-state index in [0.29, 0.717) is 5.02 Å². The molecule has 0 spiro atoms. The van der Waals surface area contributed by atoms with Crippen molar-refractivity contribution in [2.24, 2.45) is 0 Å². The lowest BCUT2D eigenvalue weighted by molar-refractivity contribution is 0.405. The van der Waals surface area contributed by atoms with Crippen molar-refractivity contribution in [1.82, 2.24) is 10.3 Å². The summed E-state index contributed by atoms with van der Waals surface area (Å²) in [6.45, 7) is 0. The number of hydrogen-bond acceptors (Lipinski definition) is 3. The maximum atomic E-state index is 6.20. The highest BCUT2D eigenvalue weighted by Gasteiger charge is 2.19. The molecule has 1 atom stereocenters. The second kappa shape index (κ2) is 5.85. The monoisotopic (exact) mass is 262 g/mol. The molecule has 0 saturated heterocycles. The predicted octanol–water partition coefficient (Wildman–Crippen LogP) is 3.05. The summed E-state index contributed by atoms with van der Waals surface area (Å²) in [6.07, 6.45) is 1.74. The van der Waals surface area contributed by atoms with Crippen molar-refractivity contribution in [2.75, 3.05) is 14.2 Å². The summed E-state index contributed by atoms with van der Waals surface area (Å²) < 4.78 is 5.38. The van der Waals surface area contributed by atoms with Crippen molar-refractivity contribution in [1.29, 1.82) is 0 Å². The smallest absolute Gasteiger partial charge is 0.124 e. The highest BCUT2D eigenvalue weighted by Crippen LogP contribution is 2.31. The Kier molecular flexibility index (Phi) is 4.18. The molecule has 1 heterocycles.